The molecule has 4 nitrogen and oxygen atoms in total. The Kier molecular flexibility index (Phi) is 3.67. The first kappa shape index (κ1) is 12.6. The fourth-order valence-electron chi connectivity index (χ4n) is 1.98. The Hall–Kier alpha value is -1.81. The molecule has 0 aromatic carbocycles. The van der Waals surface area contributed by atoms with E-state index in [-0.39, 0.29) is 5.97 Å². The van der Waals surface area contributed by atoms with Crippen LogP contribution in [0.25, 0.3) is 5.52 Å². The first-order valence-electron chi connectivity index (χ1n) is 5.99. The van der Waals surface area contributed by atoms with Crippen molar-refractivity contribution >= 4 is 11.5 Å². The van der Waals surface area contributed by atoms with Gasteiger partial charge in [0.1, 0.15) is 0 Å². The van der Waals surface area contributed by atoms with Crippen molar-refractivity contribution in [3.8, 4) is 5.75 Å². The normalized spacial score (nSPS) is 11.1. The highest BCUT2D eigenvalue weighted by atomic mass is 16.5. The smallest absolute Gasteiger partial charge is 0.308 e. The van der Waals surface area contributed by atoms with Gasteiger partial charge in [0.15, 0.2) is 5.75 Å². The van der Waals surface area contributed by atoms with Gasteiger partial charge in [-0.25, -0.2) is 0 Å². The van der Waals surface area contributed by atoms with Crippen LogP contribution >= 0.6 is 0 Å². The van der Waals surface area contributed by atoms with E-state index in [0.29, 0.717) is 5.75 Å². The zero-order chi connectivity index (χ0) is 13.1. The fourth-order valence-corrected chi connectivity index (χ4v) is 1.98. The van der Waals surface area contributed by atoms with Crippen LogP contribution in [-0.4, -0.2) is 35.9 Å². The maximum Gasteiger partial charge on any atom is 0.308 e. The van der Waals surface area contributed by atoms with Crippen LogP contribution in [0.4, 0.5) is 0 Å². The highest BCUT2D eigenvalue weighted by Crippen LogP contribution is 2.25. The summed E-state index contributed by atoms with van der Waals surface area (Å²) in [7, 11) is 4.09. The van der Waals surface area contributed by atoms with Gasteiger partial charge in [0, 0.05) is 25.9 Å². The number of fused-ring (bicyclic) bond motifs is 1. The molecule has 0 aliphatic heterocycles. The van der Waals surface area contributed by atoms with Gasteiger partial charge in [-0.3, -0.25) is 4.79 Å². The van der Waals surface area contributed by atoms with E-state index in [2.05, 4.69) is 11.0 Å². The summed E-state index contributed by atoms with van der Waals surface area (Å²) in [4.78, 5) is 13.3. The molecule has 0 saturated carbocycles. The second-order valence-corrected chi connectivity index (χ2v) is 4.62. The lowest BCUT2D eigenvalue weighted by molar-refractivity contribution is -0.131. The average Bonchev–Trinajstić information content (AvgIpc) is 2.70. The SMILES string of the molecule is CC(=O)Oc1cccn2ccc(CCN(C)C)c12. The molecule has 2 aromatic rings. The van der Waals surface area contributed by atoms with Crippen LogP contribution in [0.1, 0.15) is 12.5 Å². The van der Waals surface area contributed by atoms with Crippen LogP contribution in [0.3, 0.4) is 0 Å². The zero-order valence-electron chi connectivity index (χ0n) is 11.0. The molecule has 0 aliphatic rings. The van der Waals surface area contributed by atoms with Crippen LogP contribution < -0.4 is 4.74 Å². The second kappa shape index (κ2) is 5.23. The van der Waals surface area contributed by atoms with E-state index in [4.69, 9.17) is 4.74 Å². The Morgan fingerprint density at radius 3 is 2.78 bits per heavy atom. The Morgan fingerprint density at radius 2 is 2.11 bits per heavy atom. The van der Waals surface area contributed by atoms with Gasteiger partial charge in [-0.2, -0.15) is 0 Å². The van der Waals surface area contributed by atoms with E-state index in [1.807, 2.05) is 43.0 Å². The van der Waals surface area contributed by atoms with E-state index in [9.17, 15) is 4.79 Å². The summed E-state index contributed by atoms with van der Waals surface area (Å²) in [6.07, 6.45) is 4.89. The van der Waals surface area contributed by atoms with E-state index in [0.717, 1.165) is 18.5 Å². The molecule has 0 bridgehead atoms. The Bertz CT molecular complexity index is 558. The molecule has 96 valence electrons. The van der Waals surface area contributed by atoms with Crippen LogP contribution in [-0.2, 0) is 11.2 Å². The quantitative estimate of drug-likeness (QED) is 0.773. The number of pyridine rings is 1. The Labute approximate surface area is 107 Å². The number of hydrogen-bond acceptors (Lipinski definition) is 3. The molecule has 2 heterocycles. The molecule has 0 atom stereocenters. The number of rotatable bonds is 4. The zero-order valence-corrected chi connectivity index (χ0v) is 11.0. The molecule has 0 saturated heterocycles. The molecule has 0 fully saturated rings. The van der Waals surface area contributed by atoms with Crippen LogP contribution in [0.15, 0.2) is 30.6 Å². The minimum atomic E-state index is -0.289. The molecule has 2 rings (SSSR count). The predicted octanol–water partition coefficient (Wildman–Crippen LogP) is 1.97. The van der Waals surface area contributed by atoms with Crippen molar-refractivity contribution in [2.45, 2.75) is 13.3 Å². The lowest BCUT2D eigenvalue weighted by atomic mass is 10.2. The molecule has 0 aliphatic carbocycles. The maximum absolute atomic E-state index is 11.1. The number of ether oxygens (including phenoxy) is 1. The lowest BCUT2D eigenvalue weighted by Crippen LogP contribution is -2.15. The molecule has 0 N–H and O–H groups in total. The molecule has 2 aromatic heterocycles. The minimum absolute atomic E-state index is 0.289. The molecule has 0 radical (unpaired) electrons. The maximum atomic E-state index is 11.1. The van der Waals surface area contributed by atoms with E-state index in [1.165, 1.54) is 12.5 Å². The number of likely N-dealkylation sites (N-methyl/N-ethyl adjacent to an activating group) is 1. The third-order valence-corrected chi connectivity index (χ3v) is 2.81. The summed E-state index contributed by atoms with van der Waals surface area (Å²) in [5, 5.41) is 0. The molecule has 0 amide bonds. The second-order valence-electron chi connectivity index (χ2n) is 4.62. The summed E-state index contributed by atoms with van der Waals surface area (Å²) < 4.78 is 7.25. The summed E-state index contributed by atoms with van der Waals surface area (Å²) in [5.74, 6) is 0.339. The van der Waals surface area contributed by atoms with E-state index < -0.39 is 0 Å². The van der Waals surface area contributed by atoms with Gasteiger partial charge in [0.25, 0.3) is 0 Å². The van der Waals surface area contributed by atoms with Crippen molar-refractivity contribution in [3.05, 3.63) is 36.2 Å². The van der Waals surface area contributed by atoms with E-state index >= 15 is 0 Å². The summed E-state index contributed by atoms with van der Waals surface area (Å²) in [6.45, 7) is 2.39. The minimum Gasteiger partial charge on any atom is -0.424 e. The summed E-state index contributed by atoms with van der Waals surface area (Å²) >= 11 is 0. The predicted molar refractivity (Wildman–Crippen MR) is 71.0 cm³/mol. The topological polar surface area (TPSA) is 34.0 Å². The van der Waals surface area contributed by atoms with Gasteiger partial charge >= 0.3 is 5.97 Å². The highest BCUT2D eigenvalue weighted by molar-refractivity contribution is 5.75. The van der Waals surface area contributed by atoms with Crippen molar-refractivity contribution in [3.63, 3.8) is 0 Å². The third-order valence-electron chi connectivity index (χ3n) is 2.81. The van der Waals surface area contributed by atoms with Crippen LogP contribution in [0.5, 0.6) is 5.75 Å². The largest absolute Gasteiger partial charge is 0.424 e. The van der Waals surface area contributed by atoms with Gasteiger partial charge in [-0.1, -0.05) is 0 Å². The van der Waals surface area contributed by atoms with Gasteiger partial charge in [-0.05, 0) is 44.3 Å². The Balaban J connectivity index is 2.38. The summed E-state index contributed by atoms with van der Waals surface area (Å²) in [6, 6.07) is 5.78. The van der Waals surface area contributed by atoms with E-state index in [1.54, 1.807) is 0 Å². The number of carbonyl (C=O) groups is 1. The first-order chi connectivity index (χ1) is 8.58. The molecule has 0 unspecified atom stereocenters. The Morgan fingerprint density at radius 1 is 1.33 bits per heavy atom. The van der Waals surface area contributed by atoms with Gasteiger partial charge in [0.05, 0.1) is 5.52 Å². The monoisotopic (exact) mass is 246 g/mol. The summed E-state index contributed by atoms with van der Waals surface area (Å²) in [5.41, 5.74) is 2.18. The number of carbonyl (C=O) groups excluding carboxylic acids is 1. The van der Waals surface area contributed by atoms with Crippen molar-refractivity contribution in [2.75, 3.05) is 20.6 Å². The lowest BCUT2D eigenvalue weighted by Gasteiger charge is -2.10. The molecular weight excluding hydrogens is 228 g/mol. The number of hydrogen-bond donors (Lipinski definition) is 0. The number of esters is 1. The molecule has 18 heavy (non-hydrogen) atoms. The molecule has 0 spiro atoms. The standard InChI is InChI=1S/C14H18N2O2/c1-11(17)18-13-5-4-8-16-10-7-12(14(13)16)6-9-15(2)3/h4-5,7-8,10H,6,9H2,1-3H3. The van der Waals surface area contributed by atoms with Gasteiger partial charge in [-0.15, -0.1) is 0 Å². The van der Waals surface area contributed by atoms with Crippen molar-refractivity contribution in [2.24, 2.45) is 0 Å². The van der Waals surface area contributed by atoms with Crippen molar-refractivity contribution < 1.29 is 9.53 Å². The van der Waals surface area contributed by atoms with Gasteiger partial charge in [0.2, 0.25) is 0 Å². The third kappa shape index (κ3) is 2.71. The van der Waals surface area contributed by atoms with Crippen LogP contribution in [0, 0.1) is 0 Å². The number of nitrogens with zero attached hydrogens (tertiary/aromatic N) is 2. The molecule has 4 heteroatoms. The fraction of sp³-hybridized carbons (Fsp3) is 0.357. The van der Waals surface area contributed by atoms with Crippen LogP contribution in [0.2, 0.25) is 0 Å². The highest BCUT2D eigenvalue weighted by Gasteiger charge is 2.10. The molecular formula is C14H18N2O2. The first-order valence-corrected chi connectivity index (χ1v) is 5.99. The number of aromatic nitrogens is 1. The average molecular weight is 246 g/mol. The van der Waals surface area contributed by atoms with Crippen molar-refractivity contribution in [1.29, 1.82) is 0 Å². The van der Waals surface area contributed by atoms with Crippen molar-refractivity contribution in [1.82, 2.24) is 9.30 Å². The van der Waals surface area contributed by atoms with Gasteiger partial charge < -0.3 is 14.0 Å².